The molecule has 5 nitrogen and oxygen atoms in total. The highest BCUT2D eigenvalue weighted by Gasteiger charge is 2.13. The summed E-state index contributed by atoms with van der Waals surface area (Å²) in [5, 5.41) is 5.05. The summed E-state index contributed by atoms with van der Waals surface area (Å²) < 4.78 is 28.2. The molecule has 0 aliphatic carbocycles. The van der Waals surface area contributed by atoms with Crippen molar-refractivity contribution in [2.45, 2.75) is 18.7 Å². The minimum Gasteiger partial charge on any atom is -0.457 e. The third kappa shape index (κ3) is 3.09. The van der Waals surface area contributed by atoms with Crippen LogP contribution >= 0.6 is 0 Å². The monoisotopic (exact) mass is 292 g/mol. The van der Waals surface area contributed by atoms with Crippen LogP contribution in [-0.4, -0.2) is 8.42 Å². The smallest absolute Gasteiger partial charge is 0.240 e. The molecule has 0 atom stereocenters. The van der Waals surface area contributed by atoms with Crippen molar-refractivity contribution in [2.24, 2.45) is 5.14 Å². The third-order valence-electron chi connectivity index (χ3n) is 2.85. The van der Waals surface area contributed by atoms with E-state index in [2.05, 4.69) is 0 Å². The summed E-state index contributed by atoms with van der Waals surface area (Å²) >= 11 is 0. The Balaban J connectivity index is 2.34. The second kappa shape index (κ2) is 5.15. The lowest BCUT2D eigenvalue weighted by atomic mass is 10.1. The summed E-state index contributed by atoms with van der Waals surface area (Å²) in [6.45, 7) is 3.93. The molecule has 0 fully saturated rings. The molecule has 4 N–H and O–H groups in total. The zero-order valence-electron chi connectivity index (χ0n) is 11.3. The Labute approximate surface area is 118 Å². The maximum Gasteiger partial charge on any atom is 0.240 e. The SMILES string of the molecule is Cc1ccc(Oc2ccc(S(N)(=O)=O)c(N)c2)c(C)c1. The Bertz CT molecular complexity index is 755. The predicted octanol–water partition coefficient (Wildman–Crippen LogP) is 2.33. The number of anilines is 1. The Morgan fingerprint density at radius 2 is 1.75 bits per heavy atom. The molecule has 0 heterocycles. The molecule has 0 saturated carbocycles. The van der Waals surface area contributed by atoms with Crippen LogP contribution in [0.2, 0.25) is 0 Å². The molecule has 0 radical (unpaired) electrons. The first-order chi connectivity index (χ1) is 9.27. The van der Waals surface area contributed by atoms with Crippen molar-refractivity contribution in [3.8, 4) is 11.5 Å². The number of ether oxygens (including phenoxy) is 1. The van der Waals surface area contributed by atoms with E-state index in [1.165, 1.54) is 18.2 Å². The first-order valence-electron chi connectivity index (χ1n) is 5.95. The fraction of sp³-hybridized carbons (Fsp3) is 0.143. The van der Waals surface area contributed by atoms with Gasteiger partial charge in [-0.1, -0.05) is 17.7 Å². The quantitative estimate of drug-likeness (QED) is 0.849. The van der Waals surface area contributed by atoms with Crippen LogP contribution in [0.3, 0.4) is 0 Å². The van der Waals surface area contributed by atoms with Gasteiger partial charge in [-0.05, 0) is 37.6 Å². The van der Waals surface area contributed by atoms with E-state index in [0.717, 1.165) is 11.1 Å². The lowest BCUT2D eigenvalue weighted by Crippen LogP contribution is -2.14. The second-order valence-electron chi connectivity index (χ2n) is 4.62. The molecule has 0 bridgehead atoms. The summed E-state index contributed by atoms with van der Waals surface area (Å²) in [5.41, 5.74) is 7.87. The Hall–Kier alpha value is -2.05. The van der Waals surface area contributed by atoms with Gasteiger partial charge >= 0.3 is 0 Å². The van der Waals surface area contributed by atoms with Crippen LogP contribution in [-0.2, 0) is 10.0 Å². The predicted molar refractivity (Wildman–Crippen MR) is 78.2 cm³/mol. The number of nitrogens with two attached hydrogens (primary N) is 2. The van der Waals surface area contributed by atoms with Gasteiger partial charge < -0.3 is 10.5 Å². The first-order valence-corrected chi connectivity index (χ1v) is 7.49. The average molecular weight is 292 g/mol. The topological polar surface area (TPSA) is 95.4 Å². The fourth-order valence-electron chi connectivity index (χ4n) is 1.89. The van der Waals surface area contributed by atoms with Gasteiger partial charge in [-0.25, -0.2) is 13.6 Å². The van der Waals surface area contributed by atoms with Crippen molar-refractivity contribution < 1.29 is 13.2 Å². The first kappa shape index (κ1) is 14.4. The molecule has 0 amide bonds. The van der Waals surface area contributed by atoms with Crippen LogP contribution in [0.1, 0.15) is 11.1 Å². The van der Waals surface area contributed by atoms with Crippen molar-refractivity contribution >= 4 is 15.7 Å². The van der Waals surface area contributed by atoms with Crippen LogP contribution in [0.15, 0.2) is 41.3 Å². The van der Waals surface area contributed by atoms with E-state index in [9.17, 15) is 8.42 Å². The Morgan fingerprint density at radius 3 is 2.30 bits per heavy atom. The molecule has 6 heteroatoms. The largest absolute Gasteiger partial charge is 0.457 e. The summed E-state index contributed by atoms with van der Waals surface area (Å²) in [7, 11) is -3.82. The zero-order valence-corrected chi connectivity index (χ0v) is 12.1. The average Bonchev–Trinajstić information content (AvgIpc) is 2.31. The molecule has 0 unspecified atom stereocenters. The van der Waals surface area contributed by atoms with E-state index in [4.69, 9.17) is 15.6 Å². The van der Waals surface area contributed by atoms with Gasteiger partial charge in [0.05, 0.1) is 5.69 Å². The minimum atomic E-state index is -3.82. The van der Waals surface area contributed by atoms with Gasteiger partial charge in [-0.15, -0.1) is 0 Å². The molecule has 2 rings (SSSR count). The number of rotatable bonds is 3. The molecule has 0 spiro atoms. The third-order valence-corrected chi connectivity index (χ3v) is 3.83. The van der Waals surface area contributed by atoms with Gasteiger partial charge in [0, 0.05) is 6.07 Å². The van der Waals surface area contributed by atoms with Crippen molar-refractivity contribution in [2.75, 3.05) is 5.73 Å². The summed E-state index contributed by atoms with van der Waals surface area (Å²) in [5.74, 6) is 1.15. The number of hydrogen-bond donors (Lipinski definition) is 2. The lowest BCUT2D eigenvalue weighted by Gasteiger charge is -2.11. The molecule has 0 aliphatic heterocycles. The molecule has 2 aromatic carbocycles. The van der Waals surface area contributed by atoms with Gasteiger partial charge in [0.15, 0.2) is 0 Å². The number of nitrogen functional groups attached to an aromatic ring is 1. The number of aryl methyl sites for hydroxylation is 2. The Kier molecular flexibility index (Phi) is 3.69. The number of hydrogen-bond acceptors (Lipinski definition) is 4. The standard InChI is InChI=1S/C14H16N2O3S/c1-9-3-5-13(10(2)7-9)19-11-4-6-14(12(15)8-11)20(16,17)18/h3-8H,15H2,1-2H3,(H2,16,17,18). The Morgan fingerprint density at radius 1 is 1.05 bits per heavy atom. The summed E-state index contributed by atoms with van der Waals surface area (Å²) in [6.07, 6.45) is 0. The van der Waals surface area contributed by atoms with Gasteiger partial charge in [-0.3, -0.25) is 0 Å². The molecule has 0 saturated heterocycles. The fourth-order valence-corrected chi connectivity index (χ4v) is 2.54. The van der Waals surface area contributed by atoms with Crippen LogP contribution in [0.25, 0.3) is 0 Å². The van der Waals surface area contributed by atoms with E-state index in [1.54, 1.807) is 0 Å². The van der Waals surface area contributed by atoms with Gasteiger partial charge in [0.2, 0.25) is 10.0 Å². The lowest BCUT2D eigenvalue weighted by molar-refractivity contribution is 0.478. The maximum absolute atomic E-state index is 11.3. The minimum absolute atomic E-state index is 0.0646. The summed E-state index contributed by atoms with van der Waals surface area (Å²) in [4.78, 5) is -0.106. The van der Waals surface area contributed by atoms with Crippen LogP contribution < -0.4 is 15.6 Å². The van der Waals surface area contributed by atoms with E-state index < -0.39 is 10.0 Å². The van der Waals surface area contributed by atoms with Gasteiger partial charge in [0.1, 0.15) is 16.4 Å². The maximum atomic E-state index is 11.3. The number of sulfonamides is 1. The zero-order chi connectivity index (χ0) is 14.9. The van der Waals surface area contributed by atoms with E-state index in [1.807, 2.05) is 32.0 Å². The number of benzene rings is 2. The van der Waals surface area contributed by atoms with Gasteiger partial charge in [0.25, 0.3) is 0 Å². The molecule has 0 aliphatic rings. The summed E-state index contributed by atoms with van der Waals surface area (Å²) in [6, 6.07) is 10.1. The molecule has 20 heavy (non-hydrogen) atoms. The van der Waals surface area contributed by atoms with Crippen molar-refractivity contribution in [3.05, 3.63) is 47.5 Å². The molecular formula is C14H16N2O3S. The highest BCUT2D eigenvalue weighted by atomic mass is 32.2. The van der Waals surface area contributed by atoms with Crippen LogP contribution in [0, 0.1) is 13.8 Å². The van der Waals surface area contributed by atoms with Crippen molar-refractivity contribution in [1.82, 2.24) is 0 Å². The highest BCUT2D eigenvalue weighted by molar-refractivity contribution is 7.89. The van der Waals surface area contributed by atoms with Crippen molar-refractivity contribution in [1.29, 1.82) is 0 Å². The molecular weight excluding hydrogens is 276 g/mol. The highest BCUT2D eigenvalue weighted by Crippen LogP contribution is 2.29. The molecule has 106 valence electrons. The van der Waals surface area contributed by atoms with Crippen molar-refractivity contribution in [3.63, 3.8) is 0 Å². The second-order valence-corrected chi connectivity index (χ2v) is 6.15. The normalized spacial score (nSPS) is 11.3. The van der Waals surface area contributed by atoms with Crippen LogP contribution in [0.5, 0.6) is 11.5 Å². The van der Waals surface area contributed by atoms with Crippen LogP contribution in [0.4, 0.5) is 5.69 Å². The van der Waals surface area contributed by atoms with Gasteiger partial charge in [-0.2, -0.15) is 0 Å². The molecule has 0 aromatic heterocycles. The molecule has 2 aromatic rings. The number of primary sulfonamides is 1. The van der Waals surface area contributed by atoms with E-state index in [0.29, 0.717) is 11.5 Å². The van der Waals surface area contributed by atoms with E-state index in [-0.39, 0.29) is 10.6 Å². The van der Waals surface area contributed by atoms with E-state index >= 15 is 0 Å².